The third-order valence-corrected chi connectivity index (χ3v) is 7.21. The van der Waals surface area contributed by atoms with Crippen molar-refractivity contribution in [1.82, 2.24) is 19.9 Å². The summed E-state index contributed by atoms with van der Waals surface area (Å²) in [7, 11) is 0. The largest absolute Gasteiger partial charge is 0.488 e. The third-order valence-electron chi connectivity index (χ3n) is 6.32. The van der Waals surface area contributed by atoms with Crippen molar-refractivity contribution in [2.45, 2.75) is 26.4 Å². The van der Waals surface area contributed by atoms with Crippen molar-refractivity contribution < 1.29 is 13.9 Å². The zero-order valence-corrected chi connectivity index (χ0v) is 22.4. The van der Waals surface area contributed by atoms with Crippen molar-refractivity contribution in [3.8, 4) is 17.2 Å². The number of aryl methyl sites for hydroxylation is 1. The second-order valence-electron chi connectivity index (χ2n) is 9.22. The predicted molar refractivity (Wildman–Crippen MR) is 151 cm³/mol. The van der Waals surface area contributed by atoms with Crippen LogP contribution >= 0.6 is 11.3 Å². The summed E-state index contributed by atoms with van der Waals surface area (Å²) in [4.78, 5) is 16.0. The van der Waals surface area contributed by atoms with Crippen molar-refractivity contribution in [2.24, 2.45) is 0 Å². The number of likely N-dealkylation sites (tertiary alicyclic amines) is 1. The zero-order valence-electron chi connectivity index (χ0n) is 21.6. The maximum atomic E-state index is 14.2. The van der Waals surface area contributed by atoms with E-state index in [0.29, 0.717) is 47.3 Å². The lowest BCUT2D eigenvalue weighted by Gasteiger charge is -2.17. The van der Waals surface area contributed by atoms with E-state index in [4.69, 9.17) is 20.6 Å². The number of nitrogen functional groups attached to an aromatic ring is 1. The minimum atomic E-state index is -0.467. The summed E-state index contributed by atoms with van der Waals surface area (Å²) < 4.78 is 25.9. The molecule has 0 atom stereocenters. The number of benzene rings is 2. The highest BCUT2D eigenvalue weighted by Crippen LogP contribution is 2.29. The molecule has 0 bridgehead atoms. The van der Waals surface area contributed by atoms with E-state index in [0.717, 1.165) is 29.5 Å². The number of aromatic nitrogens is 3. The lowest BCUT2D eigenvalue weighted by Crippen LogP contribution is -2.27. The first kappa shape index (κ1) is 26.5. The van der Waals surface area contributed by atoms with Gasteiger partial charge in [0, 0.05) is 43.0 Å². The van der Waals surface area contributed by atoms with Crippen LogP contribution in [-0.2, 0) is 6.61 Å². The monoisotopic (exact) mass is 547 g/mol. The molecule has 0 saturated carbocycles. The van der Waals surface area contributed by atoms with E-state index in [2.05, 4.69) is 25.2 Å². The molecule has 0 amide bonds. The van der Waals surface area contributed by atoms with Gasteiger partial charge < -0.3 is 25.4 Å². The van der Waals surface area contributed by atoms with E-state index < -0.39 is 5.82 Å². The molecule has 0 aliphatic carbocycles. The highest BCUT2D eigenvalue weighted by atomic mass is 32.1. The molecular formula is C28H30FN7O2S. The Bertz CT molecular complexity index is 1440. The fourth-order valence-corrected chi connectivity index (χ4v) is 5.10. The Hall–Kier alpha value is -4.09. The van der Waals surface area contributed by atoms with E-state index >= 15 is 0 Å². The Balaban J connectivity index is 1.24. The summed E-state index contributed by atoms with van der Waals surface area (Å²) in [6.07, 6.45) is 5.62. The Morgan fingerprint density at radius 1 is 1.08 bits per heavy atom. The molecule has 1 fully saturated rings. The van der Waals surface area contributed by atoms with Crippen molar-refractivity contribution in [3.63, 3.8) is 0 Å². The minimum Gasteiger partial charge on any atom is -0.488 e. The maximum Gasteiger partial charge on any atom is 0.141 e. The second-order valence-corrected chi connectivity index (χ2v) is 10.5. The first-order valence-electron chi connectivity index (χ1n) is 12.7. The van der Waals surface area contributed by atoms with Crippen LogP contribution in [0.1, 0.15) is 33.9 Å². The van der Waals surface area contributed by atoms with E-state index in [1.54, 1.807) is 36.5 Å². The van der Waals surface area contributed by atoms with Gasteiger partial charge in [0.1, 0.15) is 47.6 Å². The van der Waals surface area contributed by atoms with Gasteiger partial charge in [-0.05, 0) is 57.1 Å². The van der Waals surface area contributed by atoms with Gasteiger partial charge in [-0.3, -0.25) is 5.41 Å². The van der Waals surface area contributed by atoms with Gasteiger partial charge in [-0.15, -0.1) is 11.3 Å². The Kier molecular flexibility index (Phi) is 8.28. The molecule has 2 aromatic heterocycles. The number of rotatable bonds is 11. The quantitative estimate of drug-likeness (QED) is 0.218. The number of anilines is 2. The Morgan fingerprint density at radius 2 is 1.85 bits per heavy atom. The molecule has 1 aliphatic heterocycles. The van der Waals surface area contributed by atoms with Crippen molar-refractivity contribution >= 4 is 28.7 Å². The molecule has 4 N–H and O–H groups in total. The van der Waals surface area contributed by atoms with Crippen molar-refractivity contribution in [3.05, 3.63) is 81.8 Å². The molecule has 1 saturated heterocycles. The van der Waals surface area contributed by atoms with E-state index in [9.17, 15) is 4.39 Å². The van der Waals surface area contributed by atoms with Crippen LogP contribution in [0.5, 0.6) is 17.2 Å². The summed E-state index contributed by atoms with van der Waals surface area (Å²) in [6.45, 7) is 6.05. The van der Waals surface area contributed by atoms with E-state index in [1.807, 2.05) is 6.92 Å². The van der Waals surface area contributed by atoms with Crippen molar-refractivity contribution in [2.75, 3.05) is 37.2 Å². The average molecular weight is 548 g/mol. The molecule has 0 unspecified atom stereocenters. The number of nitrogens with two attached hydrogens (primary N) is 1. The van der Waals surface area contributed by atoms with Gasteiger partial charge in [-0.25, -0.2) is 19.3 Å². The van der Waals surface area contributed by atoms with Crippen molar-refractivity contribution in [1.29, 1.82) is 5.41 Å². The van der Waals surface area contributed by atoms with Gasteiger partial charge in [0.2, 0.25) is 0 Å². The standard InChI is InChI=1S/C28H30FN7O2S/c1-18-33-15-24(39-18)16-37-22-12-20(29)13-23(14-22)38-21-6-4-19(5-7-21)26(30)25-27(31)34-17-35-28(25)32-8-11-36-9-2-3-10-36/h4-7,12-15,17,30H,2-3,8-11,16H2,1H3,(H3,31,32,34,35). The predicted octanol–water partition coefficient (Wildman–Crippen LogP) is 5.26. The van der Waals surface area contributed by atoms with Crippen LogP contribution in [-0.4, -0.2) is 51.7 Å². The molecule has 3 heterocycles. The average Bonchev–Trinajstić information content (AvgIpc) is 3.59. The maximum absolute atomic E-state index is 14.2. The molecule has 11 heteroatoms. The molecular weight excluding hydrogens is 517 g/mol. The number of ether oxygens (including phenoxy) is 2. The summed E-state index contributed by atoms with van der Waals surface area (Å²) in [5.74, 6) is 1.46. The summed E-state index contributed by atoms with van der Waals surface area (Å²) in [5, 5.41) is 13.1. The summed E-state index contributed by atoms with van der Waals surface area (Å²) >= 11 is 1.53. The van der Waals surface area contributed by atoms with E-state index in [1.165, 1.54) is 42.6 Å². The first-order chi connectivity index (χ1) is 18.9. The molecule has 39 heavy (non-hydrogen) atoms. The lowest BCUT2D eigenvalue weighted by atomic mass is 10.0. The van der Waals surface area contributed by atoms with Gasteiger partial charge in [0.05, 0.1) is 21.2 Å². The minimum absolute atomic E-state index is 0.197. The molecule has 202 valence electrons. The van der Waals surface area contributed by atoms with Crippen LogP contribution in [0.25, 0.3) is 0 Å². The van der Waals surface area contributed by atoms with Crippen LogP contribution in [0.4, 0.5) is 16.0 Å². The van der Waals surface area contributed by atoms with Crippen LogP contribution in [0.2, 0.25) is 0 Å². The van der Waals surface area contributed by atoms with Crippen LogP contribution < -0.4 is 20.5 Å². The van der Waals surface area contributed by atoms with Crippen LogP contribution in [0.15, 0.2) is 55.0 Å². The smallest absolute Gasteiger partial charge is 0.141 e. The molecule has 0 radical (unpaired) electrons. The topological polar surface area (TPSA) is 122 Å². The number of hydrogen-bond donors (Lipinski definition) is 3. The Labute approximate surface area is 230 Å². The second kappa shape index (κ2) is 12.2. The molecule has 4 aromatic rings. The zero-order chi connectivity index (χ0) is 27.2. The number of hydrogen-bond acceptors (Lipinski definition) is 10. The van der Waals surface area contributed by atoms with E-state index in [-0.39, 0.29) is 11.5 Å². The molecule has 9 nitrogen and oxygen atoms in total. The highest BCUT2D eigenvalue weighted by molar-refractivity contribution is 7.11. The van der Waals surface area contributed by atoms with Gasteiger partial charge in [0.25, 0.3) is 0 Å². The number of nitrogens with one attached hydrogen (secondary N) is 2. The Morgan fingerprint density at radius 3 is 2.59 bits per heavy atom. The molecule has 2 aromatic carbocycles. The number of nitrogens with zero attached hydrogens (tertiary/aromatic N) is 4. The van der Waals surface area contributed by atoms with Gasteiger partial charge in [-0.1, -0.05) is 0 Å². The third kappa shape index (κ3) is 6.87. The normalized spacial score (nSPS) is 13.4. The van der Waals surface area contributed by atoms with Gasteiger partial charge in [0.15, 0.2) is 0 Å². The number of halogens is 1. The van der Waals surface area contributed by atoms with Gasteiger partial charge in [-0.2, -0.15) is 0 Å². The first-order valence-corrected chi connectivity index (χ1v) is 13.5. The van der Waals surface area contributed by atoms with Crippen LogP contribution in [0.3, 0.4) is 0 Å². The molecule has 5 rings (SSSR count). The lowest BCUT2D eigenvalue weighted by molar-refractivity contribution is 0.306. The summed E-state index contributed by atoms with van der Waals surface area (Å²) in [6, 6.07) is 11.2. The SMILES string of the molecule is Cc1ncc(COc2cc(F)cc(Oc3ccc(C(=N)c4c(N)ncnc4NCCN4CCCC4)cc3)c2)s1. The highest BCUT2D eigenvalue weighted by Gasteiger charge is 2.17. The number of thiazole rings is 1. The molecule has 1 aliphatic rings. The fraction of sp³-hybridized carbons (Fsp3) is 0.286. The van der Waals surface area contributed by atoms with Gasteiger partial charge >= 0.3 is 0 Å². The van der Waals surface area contributed by atoms with Crippen LogP contribution in [0, 0.1) is 18.2 Å². The molecule has 0 spiro atoms. The fourth-order valence-electron chi connectivity index (χ4n) is 4.39. The summed E-state index contributed by atoms with van der Waals surface area (Å²) in [5.41, 5.74) is 7.43.